The Hall–Kier alpha value is -7.76. The molecule has 26 nitrogen and oxygen atoms in total. The van der Waals surface area contributed by atoms with Crippen molar-refractivity contribution in [1.29, 1.82) is 0 Å². The van der Waals surface area contributed by atoms with Crippen molar-refractivity contribution in [3.05, 3.63) is 111 Å². The number of amides is 7. The number of aliphatic hydroxyl groups excluding tert-OH is 1. The summed E-state index contributed by atoms with van der Waals surface area (Å²) in [5.41, 5.74) is 2.58. The molecule has 3 aliphatic rings. The molecular formula is C59H65N17O9S6. The number of nitrogens with one attached hydrogen (secondary N) is 5. The Morgan fingerprint density at radius 3 is 2.12 bits per heavy atom. The monoisotopic (exact) mass is 1350 g/mol. The molecule has 0 unspecified atom stereocenters. The molecule has 7 aromatic heterocycles. The van der Waals surface area contributed by atoms with Crippen LogP contribution in [0.4, 0.5) is 5.82 Å². The maximum atomic E-state index is 14.4. The molecule has 2 aliphatic heterocycles. The Labute approximate surface area is 546 Å². The van der Waals surface area contributed by atoms with E-state index in [1.807, 2.05) is 18.7 Å². The number of hydrogen-bond donors (Lipinski definition) is 8. The van der Waals surface area contributed by atoms with Crippen molar-refractivity contribution in [3.8, 4) is 43.4 Å². The molecule has 2 fully saturated rings. The zero-order valence-corrected chi connectivity index (χ0v) is 54.9. The number of nitrogens with zero attached hydrogens (tertiary/aromatic N) is 10. The van der Waals surface area contributed by atoms with Gasteiger partial charge in [-0.05, 0) is 56.2 Å². The number of pyridine rings is 1. The van der Waals surface area contributed by atoms with Gasteiger partial charge in [0, 0.05) is 84.1 Å². The van der Waals surface area contributed by atoms with Crippen LogP contribution in [0.5, 0.6) is 0 Å². The fourth-order valence-corrected chi connectivity index (χ4v) is 16.3. The average Bonchev–Trinajstić information content (AvgIpc) is 2.66. The summed E-state index contributed by atoms with van der Waals surface area (Å²) in [6.45, 7) is 7.26. The third-order valence-electron chi connectivity index (χ3n) is 15.8. The summed E-state index contributed by atoms with van der Waals surface area (Å²) in [5, 5.41) is 37.9. The van der Waals surface area contributed by atoms with Gasteiger partial charge in [-0.2, -0.15) is 0 Å². The van der Waals surface area contributed by atoms with Crippen LogP contribution in [0.2, 0.25) is 0 Å². The third kappa shape index (κ3) is 14.5. The molecule has 0 spiro atoms. The first-order chi connectivity index (χ1) is 43.8. The third-order valence-corrected chi connectivity index (χ3v) is 21.5. The molecular weight excluding hydrogens is 1280 g/mol. The Kier molecular flexibility index (Phi) is 20.2. The summed E-state index contributed by atoms with van der Waals surface area (Å²) in [4.78, 5) is 134. The standard InChI is InChI=1S/C59H65N17O9S6/c1-28(2)43-57-73-46(39(91-57)23-85-5)51(82)63-22-42(78)76(61)47(48(79)30-9-7-6-8-10-30)58-68-38(26-88-58)55-66-36(24-87-55)45-33(53-67-37(25-86-53)50(81)65-35(21-41(77)62-4)56-72-44(29(3)90-56)52(83)71-43)15-16-34(64-45)54-70-40(27-89-54)69-49(80)31-11-13-32(14-12-31)59(84)74-17-19-75(60)20-18-74/h6-10,15-16,24-28,31-32,35,43,47-48,79H,11-14,17-23,60-61H2,1-5H3,(H,62,77)(H,63,82)(H,65,81)(H,69,80)(H,71,83)/t31?,32?,35-,43-,47-,48-/m0/s1. The molecule has 1 saturated carbocycles. The number of hydrogen-bond acceptors (Lipinski definition) is 25. The van der Waals surface area contributed by atoms with E-state index in [2.05, 4.69) is 26.6 Å². The Balaban J connectivity index is 0.935. The quantitative estimate of drug-likeness (QED) is 0.0495. The van der Waals surface area contributed by atoms with Gasteiger partial charge in [0.2, 0.25) is 17.7 Å². The van der Waals surface area contributed by atoms with Crippen LogP contribution in [-0.2, 0) is 30.5 Å². The number of carbonyl (C=O) groups is 7. The first-order valence-corrected chi connectivity index (χ1v) is 34.3. The van der Waals surface area contributed by atoms with Gasteiger partial charge in [-0.1, -0.05) is 44.2 Å². The highest BCUT2D eigenvalue weighted by molar-refractivity contribution is 7.15. The first-order valence-electron chi connectivity index (χ1n) is 29.1. The lowest BCUT2D eigenvalue weighted by Gasteiger charge is -2.36. The summed E-state index contributed by atoms with van der Waals surface area (Å²) >= 11 is 7.14. The molecule has 8 aromatic rings. The molecule has 1 aromatic carbocycles. The number of piperazine rings is 1. The molecule has 9 heterocycles. The number of anilines is 1. The largest absolute Gasteiger partial charge is 0.386 e. The summed E-state index contributed by atoms with van der Waals surface area (Å²) < 4.78 is 5.46. The van der Waals surface area contributed by atoms with E-state index in [9.17, 15) is 38.7 Å². The fraction of sp³-hybridized carbons (Fsp3) is 0.390. The van der Waals surface area contributed by atoms with E-state index in [1.165, 1.54) is 48.2 Å². The van der Waals surface area contributed by atoms with Crippen LogP contribution in [0.15, 0.2) is 64.0 Å². The maximum Gasteiger partial charge on any atom is 0.271 e. The number of hydrazine groups is 2. The maximum absolute atomic E-state index is 14.4. The molecule has 7 amide bonds. The number of benzene rings is 1. The van der Waals surface area contributed by atoms with Gasteiger partial charge < -0.3 is 41.3 Å². The highest BCUT2D eigenvalue weighted by Gasteiger charge is 2.37. The van der Waals surface area contributed by atoms with Crippen molar-refractivity contribution >= 4 is 115 Å². The van der Waals surface area contributed by atoms with Crippen LogP contribution in [0, 0.1) is 24.7 Å². The lowest BCUT2D eigenvalue weighted by Crippen LogP contribution is -2.52. The molecule has 1 aliphatic carbocycles. The highest BCUT2D eigenvalue weighted by Crippen LogP contribution is 2.41. The van der Waals surface area contributed by atoms with E-state index >= 15 is 0 Å². The van der Waals surface area contributed by atoms with Gasteiger partial charge in [-0.25, -0.2) is 45.7 Å². The second kappa shape index (κ2) is 28.4. The van der Waals surface area contributed by atoms with E-state index in [1.54, 1.807) is 75.9 Å². The summed E-state index contributed by atoms with van der Waals surface area (Å²) in [6.07, 6.45) is 0.744. The average molecular weight is 1350 g/mol. The number of fused-ring (bicyclic) bond motifs is 14. The molecule has 0 radical (unpaired) electrons. The number of carbonyl (C=O) groups excluding carboxylic acids is 7. The summed E-state index contributed by atoms with van der Waals surface area (Å²) in [7, 11) is 2.94. The highest BCUT2D eigenvalue weighted by atomic mass is 32.1. The molecule has 10 bridgehead atoms. The number of aryl methyl sites for hydroxylation is 1. The fourth-order valence-electron chi connectivity index (χ4n) is 10.8. The van der Waals surface area contributed by atoms with E-state index < -0.39 is 60.3 Å². The molecule has 476 valence electrons. The lowest BCUT2D eigenvalue weighted by atomic mass is 9.81. The summed E-state index contributed by atoms with van der Waals surface area (Å²) in [5.74, 6) is 9.13. The van der Waals surface area contributed by atoms with Gasteiger partial charge in [-0.3, -0.25) is 44.4 Å². The normalized spacial score (nSPS) is 19.9. The molecule has 1 saturated heterocycles. The molecule has 91 heavy (non-hydrogen) atoms. The molecule has 10 N–H and O–H groups in total. The van der Waals surface area contributed by atoms with Crippen LogP contribution in [-0.4, -0.2) is 143 Å². The number of aromatic nitrogens is 7. The van der Waals surface area contributed by atoms with Crippen LogP contribution < -0.4 is 38.3 Å². The number of thiazole rings is 6. The van der Waals surface area contributed by atoms with Gasteiger partial charge >= 0.3 is 0 Å². The minimum absolute atomic E-state index is 0.0204. The zero-order chi connectivity index (χ0) is 64.2. The van der Waals surface area contributed by atoms with Crippen LogP contribution in [0.25, 0.3) is 43.4 Å². The summed E-state index contributed by atoms with van der Waals surface area (Å²) in [6, 6.07) is 9.22. The van der Waals surface area contributed by atoms with E-state index in [0.29, 0.717) is 121 Å². The topological polar surface area (TPSA) is 361 Å². The second-order valence-electron chi connectivity index (χ2n) is 22.3. The molecule has 32 heteroatoms. The Morgan fingerprint density at radius 1 is 0.703 bits per heavy atom. The van der Waals surface area contributed by atoms with Gasteiger partial charge in [0.1, 0.15) is 82.2 Å². The van der Waals surface area contributed by atoms with Gasteiger partial charge in [-0.15, -0.1) is 68.0 Å². The van der Waals surface area contributed by atoms with E-state index in [4.69, 9.17) is 51.3 Å². The second-order valence-corrected chi connectivity index (χ2v) is 28.1. The van der Waals surface area contributed by atoms with Crippen LogP contribution in [0.3, 0.4) is 0 Å². The minimum atomic E-state index is -1.39. The van der Waals surface area contributed by atoms with Crippen molar-refractivity contribution in [2.75, 3.05) is 52.2 Å². The number of aliphatic hydroxyl groups is 1. The SMILES string of the molecule is CNC(=O)C[C@@H]1NC(=O)c2csc(n2)-c2ccc(-c3nc(NC(=O)C4CCC(C(=O)N5CCN(N)CC5)CC4)cs3)nc2-c2csc(n2)-c2csc(n2)[C@H]([C@@H](O)c2ccccc2)N(N)C(=O)CNC(=O)c2nc(sc2COC)[C@H](C(C)C)NC(=O)c2nc1sc2C. The van der Waals surface area contributed by atoms with E-state index in [-0.39, 0.29) is 69.7 Å². The van der Waals surface area contributed by atoms with Gasteiger partial charge in [0.05, 0.1) is 42.2 Å². The minimum Gasteiger partial charge on any atom is -0.386 e. The predicted octanol–water partition coefficient (Wildman–Crippen LogP) is 6.66. The van der Waals surface area contributed by atoms with Crippen molar-refractivity contribution in [2.24, 2.45) is 29.4 Å². The van der Waals surface area contributed by atoms with Crippen molar-refractivity contribution in [3.63, 3.8) is 0 Å². The lowest BCUT2D eigenvalue weighted by molar-refractivity contribution is -0.139. The number of nitrogens with two attached hydrogens (primary N) is 2. The van der Waals surface area contributed by atoms with Gasteiger partial charge in [0.25, 0.3) is 23.6 Å². The van der Waals surface area contributed by atoms with Crippen molar-refractivity contribution < 1.29 is 43.4 Å². The first kappa shape index (κ1) is 64.8. The zero-order valence-electron chi connectivity index (χ0n) is 50.0. The van der Waals surface area contributed by atoms with Crippen LogP contribution >= 0.6 is 68.0 Å². The van der Waals surface area contributed by atoms with Crippen molar-refractivity contribution in [2.45, 2.75) is 83.7 Å². The van der Waals surface area contributed by atoms with Crippen LogP contribution in [0.1, 0.15) is 132 Å². The smallest absolute Gasteiger partial charge is 0.271 e. The Morgan fingerprint density at radius 2 is 1.38 bits per heavy atom. The molecule has 11 rings (SSSR count). The number of ether oxygens (including phenoxy) is 1. The Bertz CT molecular complexity index is 4000. The van der Waals surface area contributed by atoms with Gasteiger partial charge in [0.15, 0.2) is 0 Å². The number of methoxy groups -OCH3 is 1. The molecule has 4 atom stereocenters. The van der Waals surface area contributed by atoms with E-state index in [0.717, 1.165) is 39.0 Å². The number of rotatable bonds is 11. The van der Waals surface area contributed by atoms with Crippen molar-refractivity contribution in [1.82, 2.24) is 71.1 Å². The predicted molar refractivity (Wildman–Crippen MR) is 346 cm³/mol.